The van der Waals surface area contributed by atoms with Crippen molar-refractivity contribution in [2.24, 2.45) is 0 Å². The van der Waals surface area contributed by atoms with Gasteiger partial charge in [-0.3, -0.25) is 0 Å². The predicted molar refractivity (Wildman–Crippen MR) is 68.4 cm³/mol. The van der Waals surface area contributed by atoms with Crippen LogP contribution in [0.5, 0.6) is 0 Å². The third-order valence-corrected chi connectivity index (χ3v) is 2.51. The lowest BCUT2D eigenvalue weighted by molar-refractivity contribution is 0.991. The molecule has 0 N–H and O–H groups in total. The standard InChI is InChI=1S/C14H19N/c1-11(2)13(4)10-15(5)14-8-6-12(3)7-9-14/h6-9H,1,4,10H2,2-3,5H3. The van der Waals surface area contributed by atoms with E-state index in [4.69, 9.17) is 0 Å². The van der Waals surface area contributed by atoms with E-state index >= 15 is 0 Å². The molecule has 1 aromatic carbocycles. The SMILES string of the molecule is C=C(C)C(=C)CN(C)c1ccc(C)cc1. The van der Waals surface area contributed by atoms with Gasteiger partial charge in [0.15, 0.2) is 0 Å². The van der Waals surface area contributed by atoms with Gasteiger partial charge in [0.05, 0.1) is 0 Å². The zero-order valence-electron chi connectivity index (χ0n) is 9.88. The average molecular weight is 201 g/mol. The van der Waals surface area contributed by atoms with Crippen molar-refractivity contribution < 1.29 is 0 Å². The van der Waals surface area contributed by atoms with E-state index in [1.807, 2.05) is 6.92 Å². The van der Waals surface area contributed by atoms with Crippen LogP contribution >= 0.6 is 0 Å². The second-order valence-electron chi connectivity index (χ2n) is 4.08. The first kappa shape index (κ1) is 11.6. The Labute approximate surface area is 92.7 Å². The fourth-order valence-electron chi connectivity index (χ4n) is 1.31. The Morgan fingerprint density at radius 2 is 1.73 bits per heavy atom. The van der Waals surface area contributed by atoms with Crippen LogP contribution in [0, 0.1) is 6.92 Å². The second-order valence-corrected chi connectivity index (χ2v) is 4.08. The van der Waals surface area contributed by atoms with Crippen molar-refractivity contribution in [3.8, 4) is 0 Å². The summed E-state index contributed by atoms with van der Waals surface area (Å²) in [4.78, 5) is 2.18. The quantitative estimate of drug-likeness (QED) is 0.673. The molecule has 0 amide bonds. The molecule has 1 heteroatoms. The van der Waals surface area contributed by atoms with Crippen LogP contribution in [-0.2, 0) is 0 Å². The third kappa shape index (κ3) is 3.28. The maximum absolute atomic E-state index is 4.00. The molecule has 0 heterocycles. The lowest BCUT2D eigenvalue weighted by Crippen LogP contribution is -2.19. The van der Waals surface area contributed by atoms with Crippen LogP contribution in [0.25, 0.3) is 0 Å². The van der Waals surface area contributed by atoms with E-state index in [1.165, 1.54) is 11.3 Å². The van der Waals surface area contributed by atoms with Crippen LogP contribution in [0.15, 0.2) is 48.6 Å². The Kier molecular flexibility index (Phi) is 3.73. The van der Waals surface area contributed by atoms with E-state index < -0.39 is 0 Å². The van der Waals surface area contributed by atoms with Crippen LogP contribution in [0.2, 0.25) is 0 Å². The number of nitrogens with zero attached hydrogens (tertiary/aromatic N) is 1. The summed E-state index contributed by atoms with van der Waals surface area (Å²) in [5.74, 6) is 0. The highest BCUT2D eigenvalue weighted by molar-refractivity contribution is 5.48. The van der Waals surface area contributed by atoms with Gasteiger partial charge in [-0.1, -0.05) is 36.4 Å². The van der Waals surface area contributed by atoms with Gasteiger partial charge in [-0.25, -0.2) is 0 Å². The van der Waals surface area contributed by atoms with Crippen molar-refractivity contribution in [2.45, 2.75) is 13.8 Å². The molecule has 0 aliphatic carbocycles. The Bertz CT molecular complexity index is 359. The summed E-state index contributed by atoms with van der Waals surface area (Å²) in [6.45, 7) is 12.8. The van der Waals surface area contributed by atoms with E-state index in [9.17, 15) is 0 Å². The van der Waals surface area contributed by atoms with Gasteiger partial charge in [0, 0.05) is 19.3 Å². The Morgan fingerprint density at radius 3 is 2.20 bits per heavy atom. The number of hydrogen-bond donors (Lipinski definition) is 0. The summed E-state index contributed by atoms with van der Waals surface area (Å²) >= 11 is 0. The van der Waals surface area contributed by atoms with Gasteiger partial charge in [0.1, 0.15) is 0 Å². The number of likely N-dealkylation sites (N-methyl/N-ethyl adjacent to an activating group) is 1. The van der Waals surface area contributed by atoms with Gasteiger partial charge in [-0.15, -0.1) is 0 Å². The van der Waals surface area contributed by atoms with E-state index in [2.05, 4.69) is 56.3 Å². The maximum atomic E-state index is 4.00. The lowest BCUT2D eigenvalue weighted by Gasteiger charge is -2.20. The summed E-state index contributed by atoms with van der Waals surface area (Å²) in [7, 11) is 2.07. The van der Waals surface area contributed by atoms with Crippen LogP contribution in [-0.4, -0.2) is 13.6 Å². The molecule has 0 saturated carbocycles. The molecule has 0 aliphatic rings. The Hall–Kier alpha value is -1.50. The van der Waals surface area contributed by atoms with Crippen molar-refractivity contribution >= 4 is 5.69 Å². The highest BCUT2D eigenvalue weighted by Gasteiger charge is 2.02. The number of hydrogen-bond acceptors (Lipinski definition) is 1. The normalized spacial score (nSPS) is 9.80. The second kappa shape index (κ2) is 4.83. The third-order valence-electron chi connectivity index (χ3n) is 2.51. The van der Waals surface area contributed by atoms with Crippen molar-refractivity contribution in [1.29, 1.82) is 0 Å². The molecule has 0 unspecified atom stereocenters. The van der Waals surface area contributed by atoms with Gasteiger partial charge in [-0.05, 0) is 31.6 Å². The molecule has 80 valence electrons. The van der Waals surface area contributed by atoms with Crippen LogP contribution in [0.1, 0.15) is 12.5 Å². The van der Waals surface area contributed by atoms with Crippen molar-refractivity contribution in [3.05, 3.63) is 54.1 Å². The minimum absolute atomic E-state index is 0.832. The van der Waals surface area contributed by atoms with E-state index in [1.54, 1.807) is 0 Å². The molecule has 0 bridgehead atoms. The molecule has 0 atom stereocenters. The summed E-state index contributed by atoms with van der Waals surface area (Å²) in [5.41, 5.74) is 4.63. The fourth-order valence-corrected chi connectivity index (χ4v) is 1.31. The number of aryl methyl sites for hydroxylation is 1. The molecule has 0 saturated heterocycles. The molecule has 0 aromatic heterocycles. The maximum Gasteiger partial charge on any atom is 0.0422 e. The lowest BCUT2D eigenvalue weighted by atomic mass is 10.1. The van der Waals surface area contributed by atoms with E-state index in [0.29, 0.717) is 0 Å². The molecular formula is C14H19N. The van der Waals surface area contributed by atoms with Crippen molar-refractivity contribution in [1.82, 2.24) is 0 Å². The van der Waals surface area contributed by atoms with Gasteiger partial charge in [0.2, 0.25) is 0 Å². The van der Waals surface area contributed by atoms with E-state index in [-0.39, 0.29) is 0 Å². The van der Waals surface area contributed by atoms with Crippen molar-refractivity contribution in [2.75, 3.05) is 18.5 Å². The number of rotatable bonds is 4. The van der Waals surface area contributed by atoms with Gasteiger partial charge in [0.25, 0.3) is 0 Å². The molecule has 1 aromatic rings. The first-order valence-corrected chi connectivity index (χ1v) is 5.12. The molecule has 1 nitrogen and oxygen atoms in total. The largest absolute Gasteiger partial charge is 0.370 e. The summed E-state index contributed by atoms with van der Waals surface area (Å²) < 4.78 is 0. The first-order chi connectivity index (χ1) is 7.00. The zero-order chi connectivity index (χ0) is 11.4. The molecular weight excluding hydrogens is 182 g/mol. The van der Waals surface area contributed by atoms with Gasteiger partial charge in [-0.2, -0.15) is 0 Å². The minimum Gasteiger partial charge on any atom is -0.370 e. The molecule has 0 radical (unpaired) electrons. The van der Waals surface area contributed by atoms with Crippen LogP contribution < -0.4 is 4.90 Å². The van der Waals surface area contributed by atoms with Crippen LogP contribution in [0.4, 0.5) is 5.69 Å². The Morgan fingerprint density at radius 1 is 1.20 bits per heavy atom. The monoisotopic (exact) mass is 201 g/mol. The van der Waals surface area contributed by atoms with E-state index in [0.717, 1.165) is 17.7 Å². The smallest absolute Gasteiger partial charge is 0.0422 e. The summed E-state index contributed by atoms with van der Waals surface area (Å²) in [5, 5.41) is 0. The fraction of sp³-hybridized carbons (Fsp3) is 0.286. The highest BCUT2D eigenvalue weighted by atomic mass is 15.1. The zero-order valence-corrected chi connectivity index (χ0v) is 9.88. The summed E-state index contributed by atoms with van der Waals surface area (Å²) in [6, 6.07) is 8.49. The van der Waals surface area contributed by atoms with Gasteiger partial charge < -0.3 is 4.90 Å². The minimum atomic E-state index is 0.832. The number of benzene rings is 1. The summed E-state index contributed by atoms with van der Waals surface area (Å²) in [6.07, 6.45) is 0. The average Bonchev–Trinajstić information content (AvgIpc) is 2.18. The molecule has 0 fully saturated rings. The molecule has 0 spiro atoms. The molecule has 0 aliphatic heterocycles. The predicted octanol–water partition coefficient (Wildman–Crippen LogP) is 3.56. The molecule has 15 heavy (non-hydrogen) atoms. The van der Waals surface area contributed by atoms with Gasteiger partial charge >= 0.3 is 0 Å². The highest BCUT2D eigenvalue weighted by Crippen LogP contribution is 2.15. The first-order valence-electron chi connectivity index (χ1n) is 5.12. The molecule has 1 rings (SSSR count). The van der Waals surface area contributed by atoms with Crippen molar-refractivity contribution in [3.63, 3.8) is 0 Å². The topological polar surface area (TPSA) is 3.24 Å². The van der Waals surface area contributed by atoms with Crippen LogP contribution in [0.3, 0.4) is 0 Å². The number of anilines is 1. The Balaban J connectivity index is 2.69.